The Morgan fingerprint density at radius 3 is 2.62 bits per heavy atom. The molecule has 2 N–H and O–H groups in total. The fraction of sp³-hybridized carbons (Fsp3) is 0.304. The van der Waals surface area contributed by atoms with E-state index in [-0.39, 0.29) is 17.3 Å². The summed E-state index contributed by atoms with van der Waals surface area (Å²) in [5.41, 5.74) is 2.28. The van der Waals surface area contributed by atoms with Crippen molar-refractivity contribution in [1.29, 1.82) is 0 Å². The number of rotatable bonds is 9. The van der Waals surface area contributed by atoms with Crippen LogP contribution in [0, 0.1) is 5.82 Å². The Balaban J connectivity index is 1.42. The number of fused-ring (bicyclic) bond motifs is 1. The molecule has 0 aliphatic heterocycles. The first kappa shape index (κ1) is 20.6. The number of halogens is 1. The summed E-state index contributed by atoms with van der Waals surface area (Å²) >= 11 is 0. The molecule has 0 fully saturated rings. The molecule has 0 spiro atoms. The van der Waals surface area contributed by atoms with Crippen LogP contribution < -0.4 is 15.6 Å². The van der Waals surface area contributed by atoms with E-state index in [4.69, 9.17) is 4.74 Å². The second-order valence-electron chi connectivity index (χ2n) is 7.01. The lowest BCUT2D eigenvalue weighted by Crippen LogP contribution is -2.27. The van der Waals surface area contributed by atoms with Gasteiger partial charge in [-0.15, -0.1) is 0 Å². The first-order valence-electron chi connectivity index (χ1n) is 9.76. The third kappa shape index (κ3) is 5.91. The van der Waals surface area contributed by atoms with Crippen LogP contribution in [0.4, 0.5) is 4.39 Å². The number of methoxy groups -OCH3 is 1. The summed E-state index contributed by atoms with van der Waals surface area (Å²) in [5, 5.41) is 3.79. The fourth-order valence-electron chi connectivity index (χ4n) is 3.23. The molecule has 0 radical (unpaired) electrons. The maximum Gasteiger partial charge on any atom is 0.251 e. The number of ether oxygens (including phenoxy) is 1. The highest BCUT2D eigenvalue weighted by Gasteiger charge is 2.06. The van der Waals surface area contributed by atoms with E-state index in [1.165, 1.54) is 12.1 Å². The molecule has 0 unspecified atom stereocenters. The Labute approximate surface area is 168 Å². The SMILES string of the molecule is COc1ccc2cc(CCNC(=O)CCCCc3ccc(F)cc3)c(=O)[nH]c2c1. The van der Waals surface area contributed by atoms with Crippen molar-refractivity contribution in [2.75, 3.05) is 13.7 Å². The zero-order chi connectivity index (χ0) is 20.6. The summed E-state index contributed by atoms with van der Waals surface area (Å²) < 4.78 is 18.0. The minimum Gasteiger partial charge on any atom is -0.497 e. The third-order valence-corrected chi connectivity index (χ3v) is 4.88. The molecule has 2 aromatic carbocycles. The van der Waals surface area contributed by atoms with E-state index < -0.39 is 0 Å². The van der Waals surface area contributed by atoms with Gasteiger partial charge in [0.1, 0.15) is 11.6 Å². The Morgan fingerprint density at radius 1 is 1.07 bits per heavy atom. The number of nitrogens with one attached hydrogen (secondary N) is 2. The number of carbonyl (C=O) groups excluding carboxylic acids is 1. The number of amides is 1. The maximum absolute atomic E-state index is 12.9. The molecule has 0 aliphatic carbocycles. The van der Waals surface area contributed by atoms with E-state index in [0.29, 0.717) is 30.7 Å². The number of hydrogen-bond donors (Lipinski definition) is 2. The quantitative estimate of drug-likeness (QED) is 0.541. The zero-order valence-electron chi connectivity index (χ0n) is 16.5. The molecule has 0 saturated carbocycles. The molecule has 1 amide bonds. The van der Waals surface area contributed by atoms with Crippen LogP contribution in [-0.4, -0.2) is 24.5 Å². The second kappa shape index (κ2) is 9.87. The van der Waals surface area contributed by atoms with Gasteiger partial charge in [-0.2, -0.15) is 0 Å². The number of aromatic amines is 1. The number of unbranched alkanes of at least 4 members (excludes halogenated alkanes) is 1. The van der Waals surface area contributed by atoms with Crippen LogP contribution in [0.5, 0.6) is 5.75 Å². The summed E-state index contributed by atoms with van der Waals surface area (Å²) in [6.45, 7) is 0.418. The number of aromatic nitrogens is 1. The summed E-state index contributed by atoms with van der Waals surface area (Å²) in [7, 11) is 1.58. The lowest BCUT2D eigenvalue weighted by atomic mass is 10.1. The molecular formula is C23H25FN2O3. The molecular weight excluding hydrogens is 371 g/mol. The molecule has 3 rings (SSSR count). The van der Waals surface area contributed by atoms with Gasteiger partial charge in [0.15, 0.2) is 0 Å². The van der Waals surface area contributed by atoms with Crippen LogP contribution in [0.2, 0.25) is 0 Å². The fourth-order valence-corrected chi connectivity index (χ4v) is 3.23. The standard InChI is InChI=1S/C23H25FN2O3/c1-29-20-11-8-17-14-18(23(28)26-21(17)15-20)12-13-25-22(27)5-3-2-4-16-6-9-19(24)10-7-16/h6-11,14-15H,2-5,12-13H2,1H3,(H,25,27)(H,26,28). The first-order chi connectivity index (χ1) is 14.0. The van der Waals surface area contributed by atoms with Crippen molar-refractivity contribution in [3.63, 3.8) is 0 Å². The molecule has 1 heterocycles. The van der Waals surface area contributed by atoms with Crippen LogP contribution in [0.3, 0.4) is 0 Å². The number of pyridine rings is 1. The Kier molecular flexibility index (Phi) is 7.00. The van der Waals surface area contributed by atoms with Gasteiger partial charge in [-0.3, -0.25) is 9.59 Å². The van der Waals surface area contributed by atoms with Crippen molar-refractivity contribution in [1.82, 2.24) is 10.3 Å². The molecule has 0 atom stereocenters. The van der Waals surface area contributed by atoms with Crippen LogP contribution in [-0.2, 0) is 17.6 Å². The van der Waals surface area contributed by atoms with Gasteiger partial charge in [-0.05, 0) is 67.0 Å². The van der Waals surface area contributed by atoms with Crippen molar-refractivity contribution < 1.29 is 13.9 Å². The molecule has 3 aromatic rings. The predicted octanol–water partition coefficient (Wildman–Crippen LogP) is 3.75. The van der Waals surface area contributed by atoms with Crippen molar-refractivity contribution >= 4 is 16.8 Å². The van der Waals surface area contributed by atoms with Crippen molar-refractivity contribution in [3.8, 4) is 5.75 Å². The van der Waals surface area contributed by atoms with Gasteiger partial charge in [-0.1, -0.05) is 12.1 Å². The Morgan fingerprint density at radius 2 is 1.86 bits per heavy atom. The smallest absolute Gasteiger partial charge is 0.251 e. The highest BCUT2D eigenvalue weighted by molar-refractivity contribution is 5.80. The highest BCUT2D eigenvalue weighted by Crippen LogP contribution is 2.18. The average Bonchev–Trinajstić information content (AvgIpc) is 2.72. The maximum atomic E-state index is 12.9. The van der Waals surface area contributed by atoms with E-state index in [9.17, 15) is 14.0 Å². The van der Waals surface area contributed by atoms with Gasteiger partial charge < -0.3 is 15.0 Å². The van der Waals surface area contributed by atoms with Crippen molar-refractivity contribution in [3.05, 3.63) is 75.8 Å². The third-order valence-electron chi connectivity index (χ3n) is 4.88. The largest absolute Gasteiger partial charge is 0.497 e. The Hall–Kier alpha value is -3.15. The monoisotopic (exact) mass is 396 g/mol. The van der Waals surface area contributed by atoms with Gasteiger partial charge >= 0.3 is 0 Å². The molecule has 152 valence electrons. The van der Waals surface area contributed by atoms with E-state index in [1.54, 1.807) is 25.3 Å². The lowest BCUT2D eigenvalue weighted by Gasteiger charge is -2.07. The zero-order valence-corrected chi connectivity index (χ0v) is 16.5. The number of hydrogen-bond acceptors (Lipinski definition) is 3. The van der Waals surface area contributed by atoms with E-state index in [2.05, 4.69) is 10.3 Å². The number of aryl methyl sites for hydroxylation is 1. The second-order valence-corrected chi connectivity index (χ2v) is 7.01. The minimum atomic E-state index is -0.238. The van der Waals surface area contributed by atoms with E-state index >= 15 is 0 Å². The first-order valence-corrected chi connectivity index (χ1v) is 9.76. The van der Waals surface area contributed by atoms with E-state index in [0.717, 1.165) is 35.7 Å². The summed E-state index contributed by atoms with van der Waals surface area (Å²) in [5.74, 6) is 0.428. The van der Waals surface area contributed by atoms with Crippen molar-refractivity contribution in [2.45, 2.75) is 32.1 Å². The van der Waals surface area contributed by atoms with E-state index in [1.807, 2.05) is 18.2 Å². The molecule has 0 bridgehead atoms. The summed E-state index contributed by atoms with van der Waals surface area (Å²) in [4.78, 5) is 27.1. The topological polar surface area (TPSA) is 71.2 Å². The van der Waals surface area contributed by atoms with Crippen LogP contribution in [0.15, 0.2) is 53.3 Å². The molecule has 1 aromatic heterocycles. The lowest BCUT2D eigenvalue weighted by molar-refractivity contribution is -0.121. The highest BCUT2D eigenvalue weighted by atomic mass is 19.1. The van der Waals surface area contributed by atoms with Crippen molar-refractivity contribution in [2.24, 2.45) is 0 Å². The number of carbonyl (C=O) groups is 1. The summed E-state index contributed by atoms with van der Waals surface area (Å²) in [6, 6.07) is 13.8. The number of H-pyrrole nitrogens is 1. The van der Waals surface area contributed by atoms with Gasteiger partial charge in [0.25, 0.3) is 5.56 Å². The molecule has 0 saturated heterocycles. The molecule has 5 nitrogen and oxygen atoms in total. The summed E-state index contributed by atoms with van der Waals surface area (Å²) in [6.07, 6.45) is 3.37. The van der Waals surface area contributed by atoms with Gasteiger partial charge in [0.2, 0.25) is 5.91 Å². The molecule has 0 aliphatic rings. The number of benzene rings is 2. The van der Waals surface area contributed by atoms with Gasteiger partial charge in [0.05, 0.1) is 12.6 Å². The molecule has 6 heteroatoms. The normalized spacial score (nSPS) is 10.8. The van der Waals surface area contributed by atoms with Crippen LogP contribution in [0.1, 0.15) is 30.4 Å². The molecule has 29 heavy (non-hydrogen) atoms. The minimum absolute atomic E-state index is 0.0222. The van der Waals surface area contributed by atoms with Gasteiger partial charge in [-0.25, -0.2) is 4.39 Å². The average molecular weight is 396 g/mol. The van der Waals surface area contributed by atoms with Crippen LogP contribution in [0.25, 0.3) is 10.9 Å². The Bertz CT molecular complexity index is 1030. The van der Waals surface area contributed by atoms with Crippen LogP contribution >= 0.6 is 0 Å². The predicted molar refractivity (Wildman–Crippen MR) is 112 cm³/mol. The van der Waals surface area contributed by atoms with Gasteiger partial charge in [0, 0.05) is 24.6 Å².